The van der Waals surface area contributed by atoms with E-state index in [0.29, 0.717) is 13.0 Å². The van der Waals surface area contributed by atoms with Crippen molar-refractivity contribution < 1.29 is 14.6 Å². The molecule has 6 heteroatoms. The second-order valence-electron chi connectivity index (χ2n) is 7.33. The molecule has 2 aliphatic rings. The van der Waals surface area contributed by atoms with Crippen LogP contribution in [-0.4, -0.2) is 43.7 Å². The van der Waals surface area contributed by atoms with E-state index in [-0.39, 0.29) is 5.91 Å². The largest absolute Gasteiger partial charge is 0.485 e. The lowest BCUT2D eigenvalue weighted by atomic mass is 9.84. The zero-order valence-corrected chi connectivity index (χ0v) is 14.6. The summed E-state index contributed by atoms with van der Waals surface area (Å²) in [6, 6.07) is 5.47. The average molecular weight is 341 g/mol. The SMILES string of the molecule is CC1(C)Oc2ccc(-n3ccnc3)cc2C(N2CCCCC2=O)C1O. The molecule has 4 rings (SSSR count). The smallest absolute Gasteiger partial charge is 0.223 e. The van der Waals surface area contributed by atoms with Gasteiger partial charge in [0.05, 0.1) is 12.4 Å². The first-order valence-electron chi connectivity index (χ1n) is 8.76. The predicted molar refractivity (Wildman–Crippen MR) is 92.6 cm³/mol. The van der Waals surface area contributed by atoms with Crippen LogP contribution in [0.4, 0.5) is 0 Å². The molecule has 1 aromatic heterocycles. The van der Waals surface area contributed by atoms with Gasteiger partial charge in [0, 0.05) is 36.6 Å². The van der Waals surface area contributed by atoms with Gasteiger partial charge >= 0.3 is 0 Å². The molecule has 2 atom stereocenters. The van der Waals surface area contributed by atoms with E-state index in [0.717, 1.165) is 29.8 Å². The van der Waals surface area contributed by atoms with Crippen LogP contribution in [0, 0.1) is 0 Å². The van der Waals surface area contributed by atoms with Gasteiger partial charge < -0.3 is 19.3 Å². The van der Waals surface area contributed by atoms with Crippen LogP contribution < -0.4 is 4.74 Å². The first-order valence-corrected chi connectivity index (χ1v) is 8.76. The number of carbonyl (C=O) groups excluding carboxylic acids is 1. The highest BCUT2D eigenvalue weighted by molar-refractivity contribution is 5.77. The van der Waals surface area contributed by atoms with Crippen molar-refractivity contribution in [3.8, 4) is 11.4 Å². The predicted octanol–water partition coefficient (Wildman–Crippen LogP) is 2.46. The van der Waals surface area contributed by atoms with Gasteiger partial charge in [-0.25, -0.2) is 4.98 Å². The fourth-order valence-electron chi connectivity index (χ4n) is 3.79. The van der Waals surface area contributed by atoms with Gasteiger partial charge in [0.15, 0.2) is 0 Å². The van der Waals surface area contributed by atoms with Crippen molar-refractivity contribution >= 4 is 5.91 Å². The van der Waals surface area contributed by atoms with Crippen LogP contribution in [0.1, 0.15) is 44.7 Å². The summed E-state index contributed by atoms with van der Waals surface area (Å²) in [5, 5.41) is 11.0. The van der Waals surface area contributed by atoms with Crippen LogP contribution in [0.15, 0.2) is 36.9 Å². The Morgan fingerprint density at radius 3 is 2.88 bits per heavy atom. The number of aromatic nitrogens is 2. The Hall–Kier alpha value is -2.34. The first kappa shape index (κ1) is 16.1. The lowest BCUT2D eigenvalue weighted by Crippen LogP contribution is -2.55. The Kier molecular flexibility index (Phi) is 3.80. The van der Waals surface area contributed by atoms with E-state index in [4.69, 9.17) is 4.74 Å². The number of carbonyl (C=O) groups is 1. The molecular formula is C19H23N3O3. The van der Waals surface area contributed by atoms with E-state index >= 15 is 0 Å². The number of fused-ring (bicyclic) bond motifs is 1. The highest BCUT2D eigenvalue weighted by atomic mass is 16.5. The van der Waals surface area contributed by atoms with Crippen molar-refractivity contribution in [2.24, 2.45) is 0 Å². The summed E-state index contributed by atoms with van der Waals surface area (Å²) in [4.78, 5) is 18.4. The molecule has 1 aromatic carbocycles. The summed E-state index contributed by atoms with van der Waals surface area (Å²) in [6.45, 7) is 4.41. The van der Waals surface area contributed by atoms with Crippen LogP contribution in [0.3, 0.4) is 0 Å². The monoisotopic (exact) mass is 341 g/mol. The summed E-state index contributed by atoms with van der Waals surface area (Å²) in [6.07, 6.45) is 6.95. The molecule has 0 radical (unpaired) electrons. The Labute approximate surface area is 147 Å². The number of ether oxygens (including phenoxy) is 1. The van der Waals surface area contributed by atoms with E-state index < -0.39 is 17.7 Å². The number of nitrogens with zero attached hydrogens (tertiary/aromatic N) is 3. The van der Waals surface area contributed by atoms with E-state index in [1.807, 2.05) is 47.7 Å². The number of likely N-dealkylation sites (tertiary alicyclic amines) is 1. The summed E-state index contributed by atoms with van der Waals surface area (Å²) >= 11 is 0. The molecule has 1 fully saturated rings. The second kappa shape index (κ2) is 5.88. The Balaban J connectivity index is 1.82. The maximum absolute atomic E-state index is 12.5. The van der Waals surface area contributed by atoms with Gasteiger partial charge in [-0.15, -0.1) is 0 Å². The zero-order valence-electron chi connectivity index (χ0n) is 14.6. The quantitative estimate of drug-likeness (QED) is 0.911. The van der Waals surface area contributed by atoms with Crippen molar-refractivity contribution in [3.05, 3.63) is 42.5 Å². The molecule has 1 N–H and O–H groups in total. The van der Waals surface area contributed by atoms with E-state index in [2.05, 4.69) is 4.98 Å². The number of hydrogen-bond donors (Lipinski definition) is 1. The van der Waals surface area contributed by atoms with Crippen LogP contribution >= 0.6 is 0 Å². The van der Waals surface area contributed by atoms with E-state index in [1.165, 1.54) is 0 Å². The molecule has 2 unspecified atom stereocenters. The maximum Gasteiger partial charge on any atom is 0.223 e. The molecule has 0 bridgehead atoms. The molecule has 2 aromatic rings. The number of aliphatic hydroxyl groups is 1. The van der Waals surface area contributed by atoms with Crippen LogP contribution in [0.25, 0.3) is 5.69 Å². The van der Waals surface area contributed by atoms with Gasteiger partial charge in [0.25, 0.3) is 0 Å². The number of amides is 1. The molecule has 0 saturated carbocycles. The third kappa shape index (κ3) is 2.70. The number of aliphatic hydroxyl groups excluding tert-OH is 1. The Bertz CT molecular complexity index is 785. The fourth-order valence-corrected chi connectivity index (χ4v) is 3.79. The topological polar surface area (TPSA) is 67.6 Å². The summed E-state index contributed by atoms with van der Waals surface area (Å²) in [5.74, 6) is 0.828. The third-order valence-electron chi connectivity index (χ3n) is 5.19. The van der Waals surface area contributed by atoms with E-state index in [9.17, 15) is 9.90 Å². The van der Waals surface area contributed by atoms with Crippen LogP contribution in [0.5, 0.6) is 5.75 Å². The van der Waals surface area contributed by atoms with E-state index in [1.54, 1.807) is 12.5 Å². The minimum absolute atomic E-state index is 0.104. The standard InChI is InChI=1S/C19H23N3O3/c1-19(2)18(24)17(22-9-4-3-5-16(22)23)14-11-13(6-7-15(14)25-19)21-10-8-20-12-21/h6-8,10-12,17-18,24H,3-5,9H2,1-2H3. The number of rotatable bonds is 2. The first-order chi connectivity index (χ1) is 12.0. The lowest BCUT2D eigenvalue weighted by Gasteiger charge is -2.47. The number of benzene rings is 1. The fraction of sp³-hybridized carbons (Fsp3) is 0.474. The highest BCUT2D eigenvalue weighted by Crippen LogP contribution is 2.44. The van der Waals surface area contributed by atoms with Gasteiger partial charge in [-0.1, -0.05) is 0 Å². The molecule has 3 heterocycles. The molecule has 6 nitrogen and oxygen atoms in total. The average Bonchev–Trinajstić information content (AvgIpc) is 3.11. The van der Waals surface area contributed by atoms with Crippen molar-refractivity contribution in [1.29, 1.82) is 0 Å². The second-order valence-corrected chi connectivity index (χ2v) is 7.33. The molecule has 0 aliphatic carbocycles. The van der Waals surface area contributed by atoms with Crippen LogP contribution in [-0.2, 0) is 4.79 Å². The summed E-state index contributed by atoms with van der Waals surface area (Å²) < 4.78 is 7.95. The Morgan fingerprint density at radius 2 is 2.16 bits per heavy atom. The lowest BCUT2D eigenvalue weighted by molar-refractivity contribution is -0.147. The molecule has 1 amide bonds. The molecule has 1 saturated heterocycles. The minimum atomic E-state index is -0.792. The maximum atomic E-state index is 12.5. The number of piperidine rings is 1. The van der Waals surface area contributed by atoms with Gasteiger partial charge in [-0.2, -0.15) is 0 Å². The van der Waals surface area contributed by atoms with Gasteiger partial charge in [0.2, 0.25) is 5.91 Å². The van der Waals surface area contributed by atoms with Crippen LogP contribution in [0.2, 0.25) is 0 Å². The molecule has 0 spiro atoms. The summed E-state index contributed by atoms with van der Waals surface area (Å²) in [5.41, 5.74) is 1.03. The summed E-state index contributed by atoms with van der Waals surface area (Å²) in [7, 11) is 0. The van der Waals surface area contributed by atoms with Gasteiger partial charge in [-0.05, 0) is 44.9 Å². The molecule has 2 aliphatic heterocycles. The molecular weight excluding hydrogens is 318 g/mol. The third-order valence-corrected chi connectivity index (χ3v) is 5.19. The number of imidazole rings is 1. The van der Waals surface area contributed by atoms with Gasteiger partial charge in [-0.3, -0.25) is 4.79 Å². The van der Waals surface area contributed by atoms with Gasteiger partial charge in [0.1, 0.15) is 17.5 Å². The Morgan fingerprint density at radius 1 is 1.32 bits per heavy atom. The molecule has 132 valence electrons. The minimum Gasteiger partial charge on any atom is -0.485 e. The van der Waals surface area contributed by atoms with Crippen molar-refractivity contribution in [1.82, 2.24) is 14.5 Å². The normalized spacial score (nSPS) is 25.4. The number of hydrogen-bond acceptors (Lipinski definition) is 4. The molecule has 25 heavy (non-hydrogen) atoms. The van der Waals surface area contributed by atoms with Crippen molar-refractivity contribution in [3.63, 3.8) is 0 Å². The zero-order chi connectivity index (χ0) is 17.6. The highest BCUT2D eigenvalue weighted by Gasteiger charge is 2.47. The van der Waals surface area contributed by atoms with Crippen molar-refractivity contribution in [2.75, 3.05) is 6.54 Å². The van der Waals surface area contributed by atoms with Crippen molar-refractivity contribution in [2.45, 2.75) is 50.9 Å².